The van der Waals surface area contributed by atoms with Crippen molar-refractivity contribution in [3.05, 3.63) is 33.9 Å². The molecule has 5 nitrogen and oxygen atoms in total. The SMILES string of the molecule is O=[N+]([O-])c1c(F)cc(F)cc1NC1CCCCNC1. The normalized spacial score (nSPS) is 19.8. The van der Waals surface area contributed by atoms with E-state index in [-0.39, 0.29) is 11.7 Å². The second-order valence-electron chi connectivity index (χ2n) is 4.58. The van der Waals surface area contributed by atoms with Crippen LogP contribution in [0.3, 0.4) is 0 Å². The van der Waals surface area contributed by atoms with Crippen molar-refractivity contribution in [3.8, 4) is 0 Å². The summed E-state index contributed by atoms with van der Waals surface area (Å²) in [7, 11) is 0. The van der Waals surface area contributed by atoms with Gasteiger partial charge >= 0.3 is 5.69 Å². The van der Waals surface area contributed by atoms with Crippen LogP contribution < -0.4 is 10.6 Å². The Morgan fingerprint density at radius 1 is 1.37 bits per heavy atom. The molecule has 1 unspecified atom stereocenters. The Kier molecular flexibility index (Phi) is 4.26. The first kappa shape index (κ1) is 13.7. The molecule has 2 rings (SSSR count). The average Bonchev–Trinajstić information content (AvgIpc) is 2.56. The van der Waals surface area contributed by atoms with Gasteiger partial charge in [0.2, 0.25) is 5.82 Å². The Hall–Kier alpha value is -1.76. The first-order valence-corrected chi connectivity index (χ1v) is 6.18. The zero-order valence-corrected chi connectivity index (χ0v) is 10.3. The molecule has 0 spiro atoms. The highest BCUT2D eigenvalue weighted by atomic mass is 19.1. The number of anilines is 1. The summed E-state index contributed by atoms with van der Waals surface area (Å²) >= 11 is 0. The molecule has 1 heterocycles. The lowest BCUT2D eigenvalue weighted by Gasteiger charge is -2.17. The van der Waals surface area contributed by atoms with Gasteiger partial charge in [0, 0.05) is 24.7 Å². The molecule has 7 heteroatoms. The fourth-order valence-corrected chi connectivity index (χ4v) is 2.22. The zero-order valence-electron chi connectivity index (χ0n) is 10.3. The predicted octanol–water partition coefficient (Wildman–Crippen LogP) is 2.43. The third kappa shape index (κ3) is 3.37. The smallest absolute Gasteiger partial charge is 0.327 e. The highest BCUT2D eigenvalue weighted by molar-refractivity contribution is 5.62. The number of halogens is 2. The Bertz CT molecular complexity index is 474. The Morgan fingerprint density at radius 3 is 2.89 bits per heavy atom. The van der Waals surface area contributed by atoms with E-state index in [4.69, 9.17) is 0 Å². The number of hydrogen-bond acceptors (Lipinski definition) is 4. The predicted molar refractivity (Wildman–Crippen MR) is 67.1 cm³/mol. The largest absolute Gasteiger partial charge is 0.375 e. The molecule has 1 aromatic carbocycles. The van der Waals surface area contributed by atoms with Crippen LogP contribution in [0.25, 0.3) is 0 Å². The second kappa shape index (κ2) is 5.92. The van der Waals surface area contributed by atoms with Crippen LogP contribution in [-0.2, 0) is 0 Å². The first-order valence-electron chi connectivity index (χ1n) is 6.18. The van der Waals surface area contributed by atoms with Gasteiger partial charge in [0.15, 0.2) is 0 Å². The summed E-state index contributed by atoms with van der Waals surface area (Å²) in [4.78, 5) is 10.0. The zero-order chi connectivity index (χ0) is 13.8. The first-order chi connectivity index (χ1) is 9.08. The molecule has 104 valence electrons. The molecular formula is C12H15F2N3O2. The van der Waals surface area contributed by atoms with Crippen LogP contribution in [0.4, 0.5) is 20.2 Å². The lowest BCUT2D eigenvalue weighted by molar-refractivity contribution is -0.386. The van der Waals surface area contributed by atoms with E-state index in [9.17, 15) is 18.9 Å². The van der Waals surface area contributed by atoms with E-state index < -0.39 is 22.2 Å². The summed E-state index contributed by atoms with van der Waals surface area (Å²) in [6, 6.07) is 1.42. The van der Waals surface area contributed by atoms with Gasteiger partial charge in [0.1, 0.15) is 11.5 Å². The molecule has 1 aliphatic rings. The van der Waals surface area contributed by atoms with Gasteiger partial charge in [-0.05, 0) is 19.4 Å². The Labute approximate surface area is 109 Å². The van der Waals surface area contributed by atoms with Crippen LogP contribution in [0.2, 0.25) is 0 Å². The van der Waals surface area contributed by atoms with Gasteiger partial charge in [0.25, 0.3) is 0 Å². The topological polar surface area (TPSA) is 67.2 Å². The number of nitrogens with zero attached hydrogens (tertiary/aromatic N) is 1. The number of rotatable bonds is 3. The molecule has 0 amide bonds. The van der Waals surface area contributed by atoms with Gasteiger partial charge in [0.05, 0.1) is 4.92 Å². The summed E-state index contributed by atoms with van der Waals surface area (Å²) in [5, 5.41) is 16.9. The van der Waals surface area contributed by atoms with Crippen LogP contribution in [0, 0.1) is 21.7 Å². The van der Waals surface area contributed by atoms with Crippen molar-refractivity contribution in [1.82, 2.24) is 5.32 Å². The molecule has 1 atom stereocenters. The molecule has 19 heavy (non-hydrogen) atoms. The summed E-state index contributed by atoms with van der Waals surface area (Å²) in [6.45, 7) is 1.51. The number of nitro benzene ring substituents is 1. The van der Waals surface area contributed by atoms with Crippen molar-refractivity contribution in [1.29, 1.82) is 0 Å². The van der Waals surface area contributed by atoms with Gasteiger partial charge in [-0.25, -0.2) is 4.39 Å². The molecule has 0 saturated carbocycles. The van der Waals surface area contributed by atoms with Crippen LogP contribution in [0.5, 0.6) is 0 Å². The maximum absolute atomic E-state index is 13.5. The van der Waals surface area contributed by atoms with E-state index >= 15 is 0 Å². The average molecular weight is 271 g/mol. The molecular weight excluding hydrogens is 256 g/mol. The summed E-state index contributed by atoms with van der Waals surface area (Å²) in [6.07, 6.45) is 2.80. The fourth-order valence-electron chi connectivity index (χ4n) is 2.22. The van der Waals surface area contributed by atoms with Crippen LogP contribution >= 0.6 is 0 Å². The van der Waals surface area contributed by atoms with Crippen molar-refractivity contribution >= 4 is 11.4 Å². The van der Waals surface area contributed by atoms with Gasteiger partial charge < -0.3 is 10.6 Å². The third-order valence-electron chi connectivity index (χ3n) is 3.12. The molecule has 1 aromatic rings. The molecule has 2 N–H and O–H groups in total. The van der Waals surface area contributed by atoms with Gasteiger partial charge in [-0.15, -0.1) is 0 Å². The molecule has 0 aromatic heterocycles. The number of nitro groups is 1. The van der Waals surface area contributed by atoms with Gasteiger partial charge in [-0.3, -0.25) is 10.1 Å². The monoisotopic (exact) mass is 271 g/mol. The van der Waals surface area contributed by atoms with Crippen molar-refractivity contribution in [2.45, 2.75) is 25.3 Å². The van der Waals surface area contributed by atoms with E-state index in [1.165, 1.54) is 0 Å². The second-order valence-corrected chi connectivity index (χ2v) is 4.58. The van der Waals surface area contributed by atoms with Gasteiger partial charge in [-0.1, -0.05) is 6.42 Å². The lowest BCUT2D eigenvalue weighted by atomic mass is 10.1. The van der Waals surface area contributed by atoms with E-state index in [0.29, 0.717) is 12.6 Å². The van der Waals surface area contributed by atoms with E-state index in [1.54, 1.807) is 0 Å². The van der Waals surface area contributed by atoms with Crippen molar-refractivity contribution in [2.75, 3.05) is 18.4 Å². The van der Waals surface area contributed by atoms with Crippen molar-refractivity contribution in [2.24, 2.45) is 0 Å². The minimum Gasteiger partial charge on any atom is -0.375 e. The Morgan fingerprint density at radius 2 is 2.16 bits per heavy atom. The molecule has 1 saturated heterocycles. The standard InChI is InChI=1S/C12H15F2N3O2/c13-8-5-10(14)12(17(18)19)11(6-8)16-9-3-1-2-4-15-7-9/h5-6,9,15-16H,1-4,7H2. The Balaban J connectivity index is 2.24. The van der Waals surface area contributed by atoms with E-state index in [2.05, 4.69) is 10.6 Å². The molecule has 1 fully saturated rings. The third-order valence-corrected chi connectivity index (χ3v) is 3.12. The van der Waals surface area contributed by atoms with Crippen LogP contribution in [0.15, 0.2) is 12.1 Å². The summed E-state index contributed by atoms with van der Waals surface area (Å²) < 4.78 is 26.6. The molecule has 0 radical (unpaired) electrons. The fraction of sp³-hybridized carbons (Fsp3) is 0.500. The van der Waals surface area contributed by atoms with Crippen molar-refractivity contribution in [3.63, 3.8) is 0 Å². The highest BCUT2D eigenvalue weighted by Gasteiger charge is 2.24. The maximum atomic E-state index is 13.5. The van der Waals surface area contributed by atoms with Crippen LogP contribution in [0.1, 0.15) is 19.3 Å². The number of hydrogen-bond donors (Lipinski definition) is 2. The maximum Gasteiger partial charge on any atom is 0.327 e. The highest BCUT2D eigenvalue weighted by Crippen LogP contribution is 2.29. The van der Waals surface area contributed by atoms with Crippen molar-refractivity contribution < 1.29 is 13.7 Å². The molecule has 1 aliphatic heterocycles. The lowest BCUT2D eigenvalue weighted by Crippen LogP contribution is -2.31. The summed E-state index contributed by atoms with van der Waals surface area (Å²) in [5.74, 6) is -1.98. The van der Waals surface area contributed by atoms with Crippen LogP contribution in [-0.4, -0.2) is 24.1 Å². The molecule has 0 aliphatic carbocycles. The number of benzene rings is 1. The summed E-state index contributed by atoms with van der Waals surface area (Å²) in [5.41, 5.74) is -0.804. The minimum atomic E-state index is -1.16. The van der Waals surface area contributed by atoms with E-state index in [1.807, 2.05) is 0 Å². The quantitative estimate of drug-likeness (QED) is 0.654. The minimum absolute atomic E-state index is 0.0672. The number of nitrogens with one attached hydrogen (secondary N) is 2. The van der Waals surface area contributed by atoms with E-state index in [0.717, 1.165) is 31.9 Å². The van der Waals surface area contributed by atoms with Gasteiger partial charge in [-0.2, -0.15) is 4.39 Å². The molecule has 0 bridgehead atoms.